The lowest BCUT2D eigenvalue weighted by Gasteiger charge is -2.20. The van der Waals surface area contributed by atoms with Crippen molar-refractivity contribution in [3.8, 4) is 0 Å². The Hall–Kier alpha value is -6.22. The molecule has 55 heavy (non-hydrogen) atoms. The summed E-state index contributed by atoms with van der Waals surface area (Å²) in [6.45, 7) is 9.85. The van der Waals surface area contributed by atoms with Gasteiger partial charge in [0.05, 0.1) is 11.1 Å². The number of hydrogen-bond donors (Lipinski definition) is 5. The number of anilines is 5. The van der Waals surface area contributed by atoms with Crippen LogP contribution in [0.2, 0.25) is 0 Å². The normalized spacial score (nSPS) is 14.1. The van der Waals surface area contributed by atoms with Crippen LogP contribution in [0.3, 0.4) is 0 Å². The first-order valence-electron chi connectivity index (χ1n) is 17.7. The number of rotatable bonds is 10. The highest BCUT2D eigenvalue weighted by atomic mass is 32.2. The van der Waals surface area contributed by atoms with Gasteiger partial charge in [-0.2, -0.15) is 0 Å². The third kappa shape index (κ3) is 9.86. The molecule has 15 heteroatoms. The smallest absolute Gasteiger partial charge is 0.412 e. The van der Waals surface area contributed by atoms with E-state index in [4.69, 9.17) is 9.72 Å². The summed E-state index contributed by atoms with van der Waals surface area (Å²) in [7, 11) is 0. The number of ether oxygens (including phenoxy) is 1. The Bertz CT molecular complexity index is 2220. The van der Waals surface area contributed by atoms with Crippen LogP contribution in [0.1, 0.15) is 69.4 Å². The minimum atomic E-state index is -1.12. The van der Waals surface area contributed by atoms with Gasteiger partial charge in [0.2, 0.25) is 5.91 Å². The van der Waals surface area contributed by atoms with Crippen LogP contribution in [0.15, 0.2) is 95.0 Å². The molecule has 3 aromatic carbocycles. The molecule has 4 amide bonds. The van der Waals surface area contributed by atoms with Crippen molar-refractivity contribution in [2.45, 2.75) is 74.8 Å². The van der Waals surface area contributed by atoms with Crippen LogP contribution in [0.4, 0.5) is 38.2 Å². The van der Waals surface area contributed by atoms with Gasteiger partial charge < -0.3 is 25.8 Å². The molecule has 0 saturated carbocycles. The average molecular weight is 763 g/mol. The molecule has 1 unspecified atom stereocenters. The van der Waals surface area contributed by atoms with Crippen LogP contribution >= 0.6 is 11.8 Å². The van der Waals surface area contributed by atoms with Gasteiger partial charge in [0, 0.05) is 44.7 Å². The first-order valence-corrected chi connectivity index (χ1v) is 18.6. The molecule has 1 saturated heterocycles. The van der Waals surface area contributed by atoms with E-state index in [9.17, 15) is 24.3 Å². The summed E-state index contributed by atoms with van der Waals surface area (Å²) in [5.74, 6) is -0.0225. The first kappa shape index (κ1) is 38.5. The lowest BCUT2D eigenvalue weighted by molar-refractivity contribution is -0.119. The minimum Gasteiger partial charge on any atom is -0.465 e. The predicted octanol–water partition coefficient (Wildman–Crippen LogP) is 8.72. The highest BCUT2D eigenvalue weighted by Crippen LogP contribution is 2.37. The van der Waals surface area contributed by atoms with Crippen molar-refractivity contribution in [3.05, 3.63) is 96.4 Å². The molecule has 14 nitrogen and oxygen atoms in total. The van der Waals surface area contributed by atoms with Crippen LogP contribution in [0.25, 0.3) is 11.0 Å². The zero-order valence-corrected chi connectivity index (χ0v) is 31.9. The van der Waals surface area contributed by atoms with E-state index in [0.717, 1.165) is 20.4 Å². The lowest BCUT2D eigenvalue weighted by atomic mass is 10.1. The molecule has 1 fully saturated rings. The molecule has 1 aliphatic heterocycles. The van der Waals surface area contributed by atoms with E-state index >= 15 is 0 Å². The Morgan fingerprint density at radius 1 is 0.873 bits per heavy atom. The molecule has 1 aliphatic rings. The highest BCUT2D eigenvalue weighted by Gasteiger charge is 2.34. The maximum absolute atomic E-state index is 13.6. The number of amides is 4. The zero-order valence-electron chi connectivity index (χ0n) is 31.0. The molecule has 3 heterocycles. The molecule has 0 radical (unpaired) electrons. The number of nitrogens with one attached hydrogen (secondary N) is 4. The second-order valence-electron chi connectivity index (χ2n) is 14.2. The number of pyridine rings is 1. The minimum absolute atomic E-state index is 0.219. The average Bonchev–Trinajstić information content (AvgIpc) is 3.64. The van der Waals surface area contributed by atoms with E-state index in [2.05, 4.69) is 45.1 Å². The van der Waals surface area contributed by atoms with Gasteiger partial charge in [-0.1, -0.05) is 25.6 Å². The fourth-order valence-corrected chi connectivity index (χ4v) is 6.73. The molecule has 0 aliphatic carbocycles. The molecule has 1 atom stereocenters. The molecule has 2 aromatic heterocycles. The number of fused-ring (bicyclic) bond motifs is 1. The Morgan fingerprint density at radius 3 is 2.22 bits per heavy atom. The van der Waals surface area contributed by atoms with E-state index in [1.165, 1.54) is 18.1 Å². The van der Waals surface area contributed by atoms with Crippen LogP contribution in [0.5, 0.6) is 0 Å². The van der Waals surface area contributed by atoms with Gasteiger partial charge >= 0.3 is 12.2 Å². The predicted molar refractivity (Wildman–Crippen MR) is 212 cm³/mol. The van der Waals surface area contributed by atoms with Crippen LogP contribution < -0.4 is 21.3 Å². The van der Waals surface area contributed by atoms with E-state index in [0.29, 0.717) is 64.6 Å². The number of carbonyl (C=O) groups excluding carboxylic acids is 3. The molecule has 0 spiro atoms. The summed E-state index contributed by atoms with van der Waals surface area (Å²) in [5.41, 5.74) is 3.37. The highest BCUT2D eigenvalue weighted by molar-refractivity contribution is 7.99. The summed E-state index contributed by atoms with van der Waals surface area (Å²) >= 11 is 1.46. The Kier molecular flexibility index (Phi) is 11.5. The van der Waals surface area contributed by atoms with Gasteiger partial charge in [0.25, 0.3) is 5.91 Å². The molecule has 284 valence electrons. The standard InChI is InChI=1S/C40H42N8O6S/c1-23(2)30-18-17-29-34(46-30)41-22-42-35(29)47-31-21-24(8-19-33(31)55-28-15-13-27(14-16-28)45-38(51)54-40(3,4)5)36(49)43-25-9-11-26(12-10-25)44-37(50)32-7-6-20-48(32)39(52)53/h8-19,21-23,32H,6-7,20H2,1-5H3,(H,43,49)(H,44,50)(H,45,51)(H,52,53)(H,41,42,46,47). The maximum Gasteiger partial charge on any atom is 0.412 e. The van der Waals surface area contributed by atoms with Crippen LogP contribution in [-0.4, -0.2) is 67.1 Å². The van der Waals surface area contributed by atoms with E-state index in [-0.39, 0.29) is 11.8 Å². The van der Waals surface area contributed by atoms with Gasteiger partial charge in [-0.25, -0.2) is 24.5 Å². The fraction of sp³-hybridized carbons (Fsp3) is 0.275. The molecule has 5 N–H and O–H groups in total. The summed E-state index contributed by atoms with van der Waals surface area (Å²) in [4.78, 5) is 66.5. The monoisotopic (exact) mass is 762 g/mol. The number of benzene rings is 3. The van der Waals surface area contributed by atoms with Gasteiger partial charge in [0.15, 0.2) is 5.65 Å². The lowest BCUT2D eigenvalue weighted by Crippen LogP contribution is -2.42. The SMILES string of the molecule is CC(C)c1ccc2c(Nc3cc(C(=O)Nc4ccc(NC(=O)C5CCCN5C(=O)O)cc4)ccc3Sc3ccc(NC(=O)OC(C)(C)C)cc3)ncnc2n1. The Balaban J connectivity index is 1.22. The second kappa shape index (κ2) is 16.4. The summed E-state index contributed by atoms with van der Waals surface area (Å²) in [6, 6.07) is 22.4. The summed E-state index contributed by atoms with van der Waals surface area (Å²) in [6.07, 6.45) is 0.871. The Morgan fingerprint density at radius 2 is 1.55 bits per heavy atom. The molecular weight excluding hydrogens is 721 g/mol. The number of carbonyl (C=O) groups is 4. The first-order chi connectivity index (χ1) is 26.2. The van der Waals surface area contributed by atoms with Crippen molar-refractivity contribution >= 4 is 75.4 Å². The fourth-order valence-electron chi connectivity index (χ4n) is 5.85. The van der Waals surface area contributed by atoms with Crippen molar-refractivity contribution < 1.29 is 29.0 Å². The van der Waals surface area contributed by atoms with Gasteiger partial charge in [-0.05, 0) is 118 Å². The number of nitrogens with zero attached hydrogens (tertiary/aromatic N) is 4. The summed E-state index contributed by atoms with van der Waals surface area (Å²) < 4.78 is 5.36. The van der Waals surface area contributed by atoms with Crippen molar-refractivity contribution in [3.63, 3.8) is 0 Å². The molecular formula is C40H42N8O6S. The van der Waals surface area contributed by atoms with Crippen molar-refractivity contribution in [2.24, 2.45) is 0 Å². The largest absolute Gasteiger partial charge is 0.465 e. The maximum atomic E-state index is 13.6. The molecule has 0 bridgehead atoms. The van der Waals surface area contributed by atoms with Crippen LogP contribution in [0, 0.1) is 0 Å². The number of hydrogen-bond acceptors (Lipinski definition) is 10. The number of carboxylic acid groups (broad SMARTS) is 1. The zero-order chi connectivity index (χ0) is 39.3. The number of likely N-dealkylation sites (tertiary alicyclic amines) is 1. The van der Waals surface area contributed by atoms with E-state index in [1.807, 2.05) is 30.3 Å². The van der Waals surface area contributed by atoms with Gasteiger partial charge in [0.1, 0.15) is 23.8 Å². The van der Waals surface area contributed by atoms with Crippen molar-refractivity contribution in [1.29, 1.82) is 0 Å². The molecule has 6 rings (SSSR count). The number of aromatic nitrogens is 3. The van der Waals surface area contributed by atoms with Crippen LogP contribution in [-0.2, 0) is 9.53 Å². The third-order valence-electron chi connectivity index (χ3n) is 8.54. The van der Waals surface area contributed by atoms with E-state index < -0.39 is 29.7 Å². The molecule has 5 aromatic rings. The quantitative estimate of drug-likeness (QED) is 0.0915. The second-order valence-corrected chi connectivity index (χ2v) is 15.3. The topological polar surface area (TPSA) is 188 Å². The Labute approximate surface area is 322 Å². The van der Waals surface area contributed by atoms with Crippen molar-refractivity contribution in [2.75, 3.05) is 27.8 Å². The summed E-state index contributed by atoms with van der Waals surface area (Å²) in [5, 5.41) is 21.9. The van der Waals surface area contributed by atoms with Gasteiger partial charge in [-0.3, -0.25) is 19.8 Å². The van der Waals surface area contributed by atoms with Crippen molar-refractivity contribution in [1.82, 2.24) is 19.9 Å². The van der Waals surface area contributed by atoms with Gasteiger partial charge in [-0.15, -0.1) is 0 Å². The third-order valence-corrected chi connectivity index (χ3v) is 9.63. The van der Waals surface area contributed by atoms with E-state index in [1.54, 1.807) is 69.3 Å².